The van der Waals surface area contributed by atoms with Crippen LogP contribution in [0.4, 0.5) is 20.6 Å². The summed E-state index contributed by atoms with van der Waals surface area (Å²) in [5.74, 6) is -0.513. The predicted molar refractivity (Wildman–Crippen MR) is 92.5 cm³/mol. The summed E-state index contributed by atoms with van der Waals surface area (Å²) in [6.45, 7) is 1.29. The summed E-state index contributed by atoms with van der Waals surface area (Å²) in [6.07, 6.45) is 0.771. The minimum Gasteiger partial charge on any atom is -0.375 e. The van der Waals surface area contributed by atoms with Gasteiger partial charge in [0.2, 0.25) is 0 Å². The summed E-state index contributed by atoms with van der Waals surface area (Å²) in [7, 11) is 1.99. The van der Waals surface area contributed by atoms with Crippen LogP contribution < -0.4 is 15.5 Å². The van der Waals surface area contributed by atoms with E-state index in [9.17, 15) is 9.18 Å². The Morgan fingerprint density at radius 2 is 2.00 bits per heavy atom. The molecule has 0 bridgehead atoms. The maximum atomic E-state index is 13.1. The van der Waals surface area contributed by atoms with Crippen molar-refractivity contribution < 1.29 is 9.18 Å². The van der Waals surface area contributed by atoms with Gasteiger partial charge in [0.05, 0.1) is 11.3 Å². The molecule has 2 aromatic rings. The normalized spacial score (nSPS) is 9.88. The average molecular weight is 326 g/mol. The highest BCUT2D eigenvalue weighted by Crippen LogP contribution is 2.15. The Kier molecular flexibility index (Phi) is 6.15. The summed E-state index contributed by atoms with van der Waals surface area (Å²) < 4.78 is 13.1. The number of hydrogen-bond donors (Lipinski definition) is 2. The van der Waals surface area contributed by atoms with Gasteiger partial charge in [-0.15, -0.1) is 0 Å². The van der Waals surface area contributed by atoms with Crippen molar-refractivity contribution in [2.75, 3.05) is 30.4 Å². The number of rotatable bonds is 6. The molecular weight excluding hydrogens is 307 g/mol. The summed E-state index contributed by atoms with van der Waals surface area (Å²) in [6, 6.07) is 15.1. The van der Waals surface area contributed by atoms with Gasteiger partial charge in [0, 0.05) is 25.8 Å². The number of amides is 2. The molecule has 2 rings (SSSR count). The molecule has 124 valence electrons. The molecule has 24 heavy (non-hydrogen) atoms. The molecule has 0 fully saturated rings. The van der Waals surface area contributed by atoms with Crippen molar-refractivity contribution in [2.24, 2.45) is 0 Å². The lowest BCUT2D eigenvalue weighted by atomic mass is 10.2. The fraction of sp³-hybridized carbons (Fsp3) is 0.222. The van der Waals surface area contributed by atoms with Crippen molar-refractivity contribution in [3.63, 3.8) is 0 Å². The number of para-hydroxylation sites is 1. The van der Waals surface area contributed by atoms with Gasteiger partial charge in [-0.1, -0.05) is 18.2 Å². The quantitative estimate of drug-likeness (QED) is 0.800. The summed E-state index contributed by atoms with van der Waals surface area (Å²) in [5, 5.41) is 14.2. The third-order valence-electron chi connectivity index (χ3n) is 3.50. The standard InChI is InChI=1S/C18H19FN4O/c1-23(16-6-3-2-4-7-16)11-5-10-21-18(24)22-17-9-8-15(19)12-14(17)13-20/h2-4,6-9,12H,5,10-11H2,1H3,(H2,21,22,24). The van der Waals surface area contributed by atoms with E-state index in [0.29, 0.717) is 6.54 Å². The van der Waals surface area contributed by atoms with Crippen LogP contribution in [0.15, 0.2) is 48.5 Å². The molecule has 0 spiro atoms. The molecule has 5 nitrogen and oxygen atoms in total. The zero-order valence-corrected chi connectivity index (χ0v) is 13.4. The maximum Gasteiger partial charge on any atom is 0.319 e. The fourth-order valence-corrected chi connectivity index (χ4v) is 2.21. The summed E-state index contributed by atoms with van der Waals surface area (Å²) in [4.78, 5) is 13.9. The molecule has 0 aliphatic carbocycles. The molecule has 0 unspecified atom stereocenters. The van der Waals surface area contributed by atoms with Crippen molar-refractivity contribution in [1.82, 2.24) is 5.32 Å². The molecule has 0 atom stereocenters. The van der Waals surface area contributed by atoms with Crippen molar-refractivity contribution in [2.45, 2.75) is 6.42 Å². The fourth-order valence-electron chi connectivity index (χ4n) is 2.21. The second kappa shape index (κ2) is 8.53. The topological polar surface area (TPSA) is 68.2 Å². The second-order valence-corrected chi connectivity index (χ2v) is 5.29. The molecular formula is C18H19FN4O. The molecule has 6 heteroatoms. The van der Waals surface area contributed by atoms with Gasteiger partial charge >= 0.3 is 6.03 Å². The Labute approximate surface area is 140 Å². The Morgan fingerprint density at radius 1 is 1.25 bits per heavy atom. The highest BCUT2D eigenvalue weighted by Gasteiger charge is 2.07. The highest BCUT2D eigenvalue weighted by atomic mass is 19.1. The number of nitrogens with one attached hydrogen (secondary N) is 2. The van der Waals surface area contributed by atoms with Crippen LogP contribution in [-0.4, -0.2) is 26.2 Å². The molecule has 0 radical (unpaired) electrons. The number of nitrogens with zero attached hydrogens (tertiary/aromatic N) is 2. The van der Waals surface area contributed by atoms with Crippen molar-refractivity contribution >= 4 is 17.4 Å². The maximum absolute atomic E-state index is 13.1. The number of benzene rings is 2. The zero-order valence-electron chi connectivity index (χ0n) is 13.4. The Bertz CT molecular complexity index is 728. The van der Waals surface area contributed by atoms with E-state index in [0.717, 1.165) is 24.7 Å². The molecule has 2 amide bonds. The smallest absolute Gasteiger partial charge is 0.319 e. The monoisotopic (exact) mass is 326 g/mol. The molecule has 0 heterocycles. The second-order valence-electron chi connectivity index (χ2n) is 5.29. The average Bonchev–Trinajstić information content (AvgIpc) is 2.60. The first kappa shape index (κ1) is 17.3. The van der Waals surface area contributed by atoms with Crippen LogP contribution in [0.2, 0.25) is 0 Å². The molecule has 2 N–H and O–H groups in total. The van der Waals surface area contributed by atoms with Crippen LogP contribution in [0.25, 0.3) is 0 Å². The van der Waals surface area contributed by atoms with Crippen molar-refractivity contribution in [3.8, 4) is 6.07 Å². The van der Waals surface area contributed by atoms with E-state index in [2.05, 4.69) is 15.5 Å². The molecule has 2 aromatic carbocycles. The summed E-state index contributed by atoms with van der Waals surface area (Å²) in [5.41, 5.74) is 1.50. The van der Waals surface area contributed by atoms with E-state index in [4.69, 9.17) is 5.26 Å². The van der Waals surface area contributed by atoms with E-state index in [1.807, 2.05) is 43.4 Å². The number of nitriles is 1. The van der Waals surface area contributed by atoms with E-state index in [1.54, 1.807) is 0 Å². The zero-order chi connectivity index (χ0) is 17.4. The third kappa shape index (κ3) is 4.99. The van der Waals surface area contributed by atoms with E-state index < -0.39 is 11.8 Å². The Morgan fingerprint density at radius 3 is 2.71 bits per heavy atom. The lowest BCUT2D eigenvalue weighted by molar-refractivity contribution is 0.252. The van der Waals surface area contributed by atoms with Gasteiger partial charge in [0.25, 0.3) is 0 Å². The van der Waals surface area contributed by atoms with E-state index >= 15 is 0 Å². The summed E-state index contributed by atoms with van der Waals surface area (Å²) >= 11 is 0. The van der Waals surface area contributed by atoms with Gasteiger partial charge in [-0.05, 0) is 36.8 Å². The van der Waals surface area contributed by atoms with Crippen LogP contribution in [0.5, 0.6) is 0 Å². The SMILES string of the molecule is CN(CCCNC(=O)Nc1ccc(F)cc1C#N)c1ccccc1. The molecule has 0 aliphatic heterocycles. The van der Waals surface area contributed by atoms with Gasteiger partial charge in [0.1, 0.15) is 11.9 Å². The predicted octanol–water partition coefficient (Wildman–Crippen LogP) is 3.35. The number of urea groups is 1. The number of anilines is 2. The van der Waals surface area contributed by atoms with Crippen molar-refractivity contribution in [3.05, 3.63) is 59.9 Å². The lowest BCUT2D eigenvalue weighted by Crippen LogP contribution is -2.31. The van der Waals surface area contributed by atoms with Crippen LogP contribution in [-0.2, 0) is 0 Å². The largest absolute Gasteiger partial charge is 0.375 e. The van der Waals surface area contributed by atoms with Crippen LogP contribution >= 0.6 is 0 Å². The van der Waals surface area contributed by atoms with Gasteiger partial charge in [0.15, 0.2) is 0 Å². The number of carbonyl (C=O) groups is 1. The number of halogens is 1. The third-order valence-corrected chi connectivity index (χ3v) is 3.50. The lowest BCUT2D eigenvalue weighted by Gasteiger charge is -2.19. The van der Waals surface area contributed by atoms with E-state index in [-0.39, 0.29) is 11.3 Å². The first-order chi connectivity index (χ1) is 11.6. The van der Waals surface area contributed by atoms with E-state index in [1.165, 1.54) is 12.1 Å². The Hall–Kier alpha value is -3.07. The van der Waals surface area contributed by atoms with Gasteiger partial charge in [-0.3, -0.25) is 0 Å². The molecule has 0 saturated carbocycles. The molecule has 0 aliphatic rings. The minimum absolute atomic E-state index is 0.0916. The van der Waals surface area contributed by atoms with Crippen molar-refractivity contribution in [1.29, 1.82) is 5.26 Å². The minimum atomic E-state index is -0.513. The Balaban J connectivity index is 1.75. The molecule has 0 saturated heterocycles. The van der Waals surface area contributed by atoms with Crippen LogP contribution in [0, 0.1) is 17.1 Å². The first-order valence-electron chi connectivity index (χ1n) is 7.61. The van der Waals surface area contributed by atoms with Gasteiger partial charge in [-0.25, -0.2) is 9.18 Å². The van der Waals surface area contributed by atoms with Gasteiger partial charge in [-0.2, -0.15) is 5.26 Å². The van der Waals surface area contributed by atoms with Gasteiger partial charge < -0.3 is 15.5 Å². The molecule has 0 aromatic heterocycles. The van der Waals surface area contributed by atoms with Crippen LogP contribution in [0.3, 0.4) is 0 Å². The highest BCUT2D eigenvalue weighted by molar-refractivity contribution is 5.90. The number of carbonyl (C=O) groups excluding carboxylic acids is 1. The number of hydrogen-bond acceptors (Lipinski definition) is 3. The first-order valence-corrected chi connectivity index (χ1v) is 7.61. The van der Waals surface area contributed by atoms with Crippen LogP contribution in [0.1, 0.15) is 12.0 Å².